The molecule has 4 heterocycles. The lowest BCUT2D eigenvalue weighted by Gasteiger charge is -2.50. The molecule has 42 heavy (non-hydrogen) atoms. The van der Waals surface area contributed by atoms with Gasteiger partial charge in [-0.05, 0) is 56.7 Å². The number of benzene rings is 1. The average molecular weight is 587 g/mol. The summed E-state index contributed by atoms with van der Waals surface area (Å²) in [7, 11) is 0. The third-order valence-electron chi connectivity index (χ3n) is 8.75. The van der Waals surface area contributed by atoms with Gasteiger partial charge in [-0.3, -0.25) is 20.3 Å². The average Bonchev–Trinajstić information content (AvgIpc) is 3.57. The molecular formula is C30H41F3N8O. The Hall–Kier alpha value is -3.25. The number of piperazine rings is 1. The van der Waals surface area contributed by atoms with Gasteiger partial charge in [-0.2, -0.15) is 18.2 Å². The zero-order valence-corrected chi connectivity index (χ0v) is 24.9. The summed E-state index contributed by atoms with van der Waals surface area (Å²) in [5, 5.41) is 16.8. The molecule has 0 unspecified atom stereocenters. The van der Waals surface area contributed by atoms with Crippen LogP contribution in [0.1, 0.15) is 70.0 Å². The van der Waals surface area contributed by atoms with Gasteiger partial charge in [-0.15, -0.1) is 0 Å². The molecule has 1 aromatic carbocycles. The van der Waals surface area contributed by atoms with Gasteiger partial charge in [0.15, 0.2) is 11.5 Å². The van der Waals surface area contributed by atoms with Crippen molar-refractivity contribution in [2.24, 2.45) is 5.92 Å². The van der Waals surface area contributed by atoms with E-state index in [1.54, 1.807) is 12.1 Å². The highest BCUT2D eigenvalue weighted by atomic mass is 19.4. The lowest BCUT2D eigenvalue weighted by Crippen LogP contribution is -2.59. The quantitative estimate of drug-likeness (QED) is 0.274. The molecule has 0 radical (unpaired) electrons. The van der Waals surface area contributed by atoms with E-state index in [2.05, 4.69) is 42.5 Å². The second kappa shape index (κ2) is 11.8. The normalized spacial score (nSPS) is 22.8. The van der Waals surface area contributed by atoms with E-state index in [1.807, 2.05) is 11.5 Å². The Balaban J connectivity index is 1.51. The van der Waals surface area contributed by atoms with Crippen molar-refractivity contribution in [1.82, 2.24) is 24.0 Å². The largest absolute Gasteiger partial charge is 0.416 e. The van der Waals surface area contributed by atoms with Crippen LogP contribution in [0.2, 0.25) is 0 Å². The Morgan fingerprint density at radius 3 is 2.43 bits per heavy atom. The van der Waals surface area contributed by atoms with Crippen molar-refractivity contribution < 1.29 is 17.9 Å². The maximum atomic E-state index is 13.3. The third kappa shape index (κ3) is 5.58. The van der Waals surface area contributed by atoms with Crippen LogP contribution >= 0.6 is 0 Å². The second-order valence-corrected chi connectivity index (χ2v) is 11.9. The van der Waals surface area contributed by atoms with Gasteiger partial charge in [0.05, 0.1) is 24.6 Å². The molecule has 3 aromatic rings. The van der Waals surface area contributed by atoms with Crippen LogP contribution in [-0.2, 0) is 17.5 Å². The molecule has 0 spiro atoms. The summed E-state index contributed by atoms with van der Waals surface area (Å²) in [5.41, 5.74) is 1.53. The Bertz CT molecular complexity index is 1470. The molecule has 2 N–H and O–H groups in total. The fourth-order valence-corrected chi connectivity index (χ4v) is 6.68. The minimum absolute atomic E-state index is 0.00180. The number of anilines is 1. The highest BCUT2D eigenvalue weighted by Gasteiger charge is 2.39. The number of hydrogen-bond donors (Lipinski definition) is 2. The fourth-order valence-electron chi connectivity index (χ4n) is 6.68. The van der Waals surface area contributed by atoms with Crippen molar-refractivity contribution in [3.63, 3.8) is 0 Å². The number of halogens is 3. The molecule has 5 rings (SSSR count). The number of ether oxygens (including phenoxy) is 1. The monoisotopic (exact) mass is 586 g/mol. The molecule has 12 heteroatoms. The predicted molar refractivity (Wildman–Crippen MR) is 156 cm³/mol. The highest BCUT2D eigenvalue weighted by Crippen LogP contribution is 2.38. The van der Waals surface area contributed by atoms with Crippen molar-refractivity contribution in [2.45, 2.75) is 90.8 Å². The number of imidazole rings is 1. The van der Waals surface area contributed by atoms with E-state index in [9.17, 15) is 13.2 Å². The second-order valence-electron chi connectivity index (χ2n) is 11.9. The topological polar surface area (TPSA) is 99.1 Å². The molecule has 2 aliphatic rings. The Labute approximate surface area is 244 Å². The van der Waals surface area contributed by atoms with Crippen molar-refractivity contribution in [1.29, 1.82) is 10.8 Å². The molecule has 4 atom stereocenters. The van der Waals surface area contributed by atoms with E-state index >= 15 is 0 Å². The van der Waals surface area contributed by atoms with Gasteiger partial charge >= 0.3 is 6.18 Å². The third-order valence-corrected chi connectivity index (χ3v) is 8.75. The first-order valence-corrected chi connectivity index (χ1v) is 14.8. The van der Waals surface area contributed by atoms with Crippen LogP contribution in [0.4, 0.5) is 19.0 Å². The maximum Gasteiger partial charge on any atom is 0.416 e. The molecule has 0 saturated carbocycles. The van der Waals surface area contributed by atoms with Gasteiger partial charge in [-0.25, -0.2) is 4.98 Å². The highest BCUT2D eigenvalue weighted by molar-refractivity contribution is 5.88. The number of alkyl halides is 3. The summed E-state index contributed by atoms with van der Waals surface area (Å²) in [6, 6.07) is 5.64. The summed E-state index contributed by atoms with van der Waals surface area (Å²) >= 11 is 0. The number of hydrogen-bond acceptors (Lipinski definition) is 7. The molecule has 228 valence electrons. The molecule has 2 saturated heterocycles. The van der Waals surface area contributed by atoms with Crippen molar-refractivity contribution in [2.75, 3.05) is 24.6 Å². The molecule has 2 aliphatic heterocycles. The van der Waals surface area contributed by atoms with Gasteiger partial charge in [0.25, 0.3) is 0 Å². The lowest BCUT2D eigenvalue weighted by molar-refractivity contribution is -0.137. The van der Waals surface area contributed by atoms with Gasteiger partial charge in [0, 0.05) is 37.8 Å². The Kier molecular flexibility index (Phi) is 8.48. The smallest absolute Gasteiger partial charge is 0.376 e. The van der Waals surface area contributed by atoms with Crippen LogP contribution in [0.5, 0.6) is 0 Å². The van der Waals surface area contributed by atoms with Gasteiger partial charge in [-0.1, -0.05) is 32.9 Å². The number of aromatic nitrogens is 4. The summed E-state index contributed by atoms with van der Waals surface area (Å²) in [5.74, 6) is 1.59. The molecule has 0 amide bonds. The number of aryl methyl sites for hydroxylation is 1. The first-order chi connectivity index (χ1) is 19.9. The van der Waals surface area contributed by atoms with Crippen LogP contribution < -0.4 is 10.5 Å². The van der Waals surface area contributed by atoms with Crippen LogP contribution in [0.15, 0.2) is 24.3 Å². The first kappa shape index (κ1) is 30.2. The van der Waals surface area contributed by atoms with Crippen LogP contribution in [0.25, 0.3) is 11.2 Å². The SMILES string of the molecule is CC[C@@H]1CN(c2nc(=N)n(C=N)c3c2nc(C)n3C[C@@H]2CCCO2)[C@@H](C)CN1[C@@H](c1ccc(C(F)(F)F)cc1)C(C)C. The number of rotatable bonds is 8. The van der Waals surface area contributed by atoms with E-state index in [4.69, 9.17) is 20.5 Å². The molecule has 0 bridgehead atoms. The first-order valence-electron chi connectivity index (χ1n) is 14.8. The summed E-state index contributed by atoms with van der Waals surface area (Å²) in [4.78, 5) is 14.2. The minimum atomic E-state index is -4.37. The molecule has 2 fully saturated rings. The van der Waals surface area contributed by atoms with Crippen LogP contribution in [-0.4, -0.2) is 68.2 Å². The molecular weight excluding hydrogens is 545 g/mol. The van der Waals surface area contributed by atoms with E-state index in [0.717, 1.165) is 43.6 Å². The predicted octanol–water partition coefficient (Wildman–Crippen LogP) is 5.36. The summed E-state index contributed by atoms with van der Waals surface area (Å²) < 4.78 is 49.2. The zero-order chi connectivity index (χ0) is 30.3. The number of nitrogens with zero attached hydrogens (tertiary/aromatic N) is 6. The maximum absolute atomic E-state index is 13.3. The molecule has 0 aliphatic carbocycles. The van der Waals surface area contributed by atoms with Crippen molar-refractivity contribution in [3.05, 3.63) is 46.8 Å². The van der Waals surface area contributed by atoms with Gasteiger partial charge in [0.2, 0.25) is 5.62 Å². The molecule has 9 nitrogen and oxygen atoms in total. The van der Waals surface area contributed by atoms with E-state index in [1.165, 1.54) is 16.7 Å². The lowest BCUT2D eigenvalue weighted by atomic mass is 9.90. The Morgan fingerprint density at radius 2 is 1.86 bits per heavy atom. The van der Waals surface area contributed by atoms with Crippen LogP contribution in [0.3, 0.4) is 0 Å². The minimum Gasteiger partial charge on any atom is -0.376 e. The summed E-state index contributed by atoms with van der Waals surface area (Å²) in [6.07, 6.45) is -0.375. The van der Waals surface area contributed by atoms with Crippen LogP contribution in [0, 0.1) is 23.7 Å². The molecule has 2 aromatic heterocycles. The van der Waals surface area contributed by atoms with Gasteiger partial charge in [0.1, 0.15) is 11.3 Å². The fraction of sp³-hybridized carbons (Fsp3) is 0.600. The van der Waals surface area contributed by atoms with E-state index < -0.39 is 11.7 Å². The van der Waals surface area contributed by atoms with Crippen molar-refractivity contribution in [3.8, 4) is 0 Å². The summed E-state index contributed by atoms with van der Waals surface area (Å²) in [6.45, 7) is 13.1. The zero-order valence-electron chi connectivity index (χ0n) is 24.9. The number of fused-ring (bicyclic) bond motifs is 1. The number of nitrogens with one attached hydrogen (secondary N) is 2. The van der Waals surface area contributed by atoms with Crippen molar-refractivity contribution >= 4 is 23.3 Å². The Morgan fingerprint density at radius 1 is 1.14 bits per heavy atom. The standard InChI is InChI=1S/C30H41F3N8O/c1-6-23-15-38(19(4)14-40(23)26(18(2)3)21-9-11-22(12-10-21)30(31,32)33)27-25-28(41(17-34)29(35)37-27)39(20(5)36-25)16-24-8-7-13-42-24/h9-12,17-19,23-24,26,34-35H,6-8,13-16H2,1-5H3/t19-,23+,24-,26+/m0/s1. The van der Waals surface area contributed by atoms with E-state index in [-0.39, 0.29) is 35.8 Å². The van der Waals surface area contributed by atoms with E-state index in [0.29, 0.717) is 36.6 Å². The van der Waals surface area contributed by atoms with Gasteiger partial charge < -0.3 is 14.2 Å².